The van der Waals surface area contributed by atoms with Crippen LogP contribution in [0.25, 0.3) is 11.0 Å². The minimum absolute atomic E-state index is 0.0255. The summed E-state index contributed by atoms with van der Waals surface area (Å²) in [6, 6.07) is 8.17. The third-order valence-corrected chi connectivity index (χ3v) is 5.94. The van der Waals surface area contributed by atoms with Crippen LogP contribution in [0.1, 0.15) is 44.5 Å². The molecule has 1 saturated heterocycles. The molecule has 150 valence electrons. The molecule has 0 bridgehead atoms. The number of nitrogens with one attached hydrogen (secondary N) is 2. The summed E-state index contributed by atoms with van der Waals surface area (Å²) in [4.78, 5) is 35.7. The van der Waals surface area contributed by atoms with Gasteiger partial charge in [-0.15, -0.1) is 0 Å². The van der Waals surface area contributed by atoms with E-state index in [-0.39, 0.29) is 30.7 Å². The Balaban J connectivity index is 1.35. The third kappa shape index (κ3) is 3.69. The van der Waals surface area contributed by atoms with Crippen molar-refractivity contribution in [1.29, 1.82) is 0 Å². The Morgan fingerprint density at radius 2 is 2.14 bits per heavy atom. The van der Waals surface area contributed by atoms with Gasteiger partial charge < -0.3 is 20.3 Å². The van der Waals surface area contributed by atoms with Crippen molar-refractivity contribution < 1.29 is 14.7 Å². The van der Waals surface area contributed by atoms with Gasteiger partial charge in [0.25, 0.3) is 0 Å². The molecular weight excluding hydrogens is 358 g/mol. The van der Waals surface area contributed by atoms with Crippen molar-refractivity contribution in [3.8, 4) is 0 Å². The smallest absolute Gasteiger partial charge is 0.318 e. The standard InChI is InChI=1S/C20H27N5O3/c1-2-24(12-18(26)27)14-10-13(11-14)21-20(28)25-9-5-8-17(25)19-22-15-6-3-4-7-16(15)23-19/h3-4,6-7,13-14,17H,2,5,8-12H2,1H3,(H,21,28)(H,22,23)(H,26,27). The molecule has 2 fully saturated rings. The molecule has 1 aromatic heterocycles. The summed E-state index contributed by atoms with van der Waals surface area (Å²) in [5, 5.41) is 12.1. The molecule has 1 atom stereocenters. The number of aromatic amines is 1. The van der Waals surface area contributed by atoms with Gasteiger partial charge in [-0.1, -0.05) is 19.1 Å². The Morgan fingerprint density at radius 3 is 2.86 bits per heavy atom. The molecule has 1 aliphatic carbocycles. The van der Waals surface area contributed by atoms with Crippen LogP contribution in [0.5, 0.6) is 0 Å². The number of hydrogen-bond donors (Lipinski definition) is 3. The second-order valence-electron chi connectivity index (χ2n) is 7.72. The van der Waals surface area contributed by atoms with Gasteiger partial charge in [-0.05, 0) is 44.4 Å². The van der Waals surface area contributed by atoms with E-state index in [0.29, 0.717) is 6.54 Å². The van der Waals surface area contributed by atoms with Gasteiger partial charge in [-0.2, -0.15) is 0 Å². The predicted molar refractivity (Wildman–Crippen MR) is 105 cm³/mol. The maximum atomic E-state index is 12.8. The number of H-pyrrole nitrogens is 1. The van der Waals surface area contributed by atoms with Crippen molar-refractivity contribution in [3.63, 3.8) is 0 Å². The molecule has 1 unspecified atom stereocenters. The number of aliphatic carboxylic acids is 1. The van der Waals surface area contributed by atoms with E-state index in [1.165, 1.54) is 0 Å². The Labute approximate surface area is 163 Å². The number of amides is 2. The number of imidazole rings is 1. The summed E-state index contributed by atoms with van der Waals surface area (Å²) >= 11 is 0. The molecule has 8 heteroatoms. The van der Waals surface area contributed by atoms with Gasteiger partial charge in [0.05, 0.1) is 23.6 Å². The summed E-state index contributed by atoms with van der Waals surface area (Å²) in [7, 11) is 0. The average molecular weight is 385 g/mol. The lowest BCUT2D eigenvalue weighted by Gasteiger charge is -2.42. The summed E-state index contributed by atoms with van der Waals surface area (Å²) in [5.74, 6) is 0.0408. The first-order chi connectivity index (χ1) is 13.5. The van der Waals surface area contributed by atoms with Crippen molar-refractivity contribution >= 4 is 23.0 Å². The lowest BCUT2D eigenvalue weighted by molar-refractivity contribution is -0.139. The van der Waals surface area contributed by atoms with E-state index >= 15 is 0 Å². The van der Waals surface area contributed by atoms with E-state index in [1.54, 1.807) is 0 Å². The molecule has 2 aromatic rings. The summed E-state index contributed by atoms with van der Waals surface area (Å²) in [6.07, 6.45) is 3.47. The zero-order valence-electron chi connectivity index (χ0n) is 16.1. The van der Waals surface area contributed by atoms with Crippen molar-refractivity contribution in [2.75, 3.05) is 19.6 Å². The molecule has 8 nitrogen and oxygen atoms in total. The molecule has 0 spiro atoms. The van der Waals surface area contributed by atoms with Crippen LogP contribution in [-0.4, -0.2) is 68.6 Å². The van der Waals surface area contributed by atoms with Gasteiger partial charge in [-0.25, -0.2) is 9.78 Å². The predicted octanol–water partition coefficient (Wildman–Crippen LogP) is 2.35. The molecule has 1 aliphatic heterocycles. The summed E-state index contributed by atoms with van der Waals surface area (Å²) < 4.78 is 0. The van der Waals surface area contributed by atoms with Gasteiger partial charge in [0.2, 0.25) is 0 Å². The van der Waals surface area contributed by atoms with E-state index in [0.717, 1.165) is 49.1 Å². The quantitative estimate of drug-likeness (QED) is 0.708. The van der Waals surface area contributed by atoms with Gasteiger partial charge >= 0.3 is 12.0 Å². The fraction of sp³-hybridized carbons (Fsp3) is 0.550. The molecule has 2 aliphatic rings. The number of carbonyl (C=O) groups excluding carboxylic acids is 1. The number of carboxylic acids is 1. The number of nitrogens with zero attached hydrogens (tertiary/aromatic N) is 3. The van der Waals surface area contributed by atoms with Crippen molar-refractivity contribution in [3.05, 3.63) is 30.1 Å². The zero-order valence-corrected chi connectivity index (χ0v) is 16.1. The second-order valence-corrected chi connectivity index (χ2v) is 7.72. The van der Waals surface area contributed by atoms with Crippen molar-refractivity contribution in [2.24, 2.45) is 0 Å². The number of benzene rings is 1. The topological polar surface area (TPSA) is 102 Å². The van der Waals surface area contributed by atoms with E-state index in [4.69, 9.17) is 5.11 Å². The van der Waals surface area contributed by atoms with E-state index in [2.05, 4.69) is 15.3 Å². The SMILES string of the molecule is CCN(CC(=O)O)C1CC(NC(=O)N2CCCC2c2nc3ccccc3[nH]2)C1. The highest BCUT2D eigenvalue weighted by Gasteiger charge is 2.38. The monoisotopic (exact) mass is 385 g/mol. The lowest BCUT2D eigenvalue weighted by Crippen LogP contribution is -2.56. The first-order valence-corrected chi connectivity index (χ1v) is 10.0. The van der Waals surface area contributed by atoms with E-state index in [1.807, 2.05) is 41.0 Å². The third-order valence-electron chi connectivity index (χ3n) is 5.94. The molecule has 2 heterocycles. The Bertz CT molecular complexity index is 827. The normalized spacial score (nSPS) is 24.5. The van der Waals surface area contributed by atoms with Crippen LogP contribution in [0.2, 0.25) is 0 Å². The highest BCUT2D eigenvalue weighted by molar-refractivity contribution is 5.77. The summed E-state index contributed by atoms with van der Waals surface area (Å²) in [5.41, 5.74) is 1.91. The van der Waals surface area contributed by atoms with E-state index in [9.17, 15) is 9.59 Å². The number of likely N-dealkylation sites (tertiary alicyclic amines) is 1. The lowest BCUT2D eigenvalue weighted by atomic mass is 9.85. The second kappa shape index (κ2) is 7.79. The van der Waals surface area contributed by atoms with Gasteiger partial charge in [0, 0.05) is 18.6 Å². The minimum atomic E-state index is -0.805. The van der Waals surface area contributed by atoms with Crippen LogP contribution in [0, 0.1) is 0 Å². The van der Waals surface area contributed by atoms with Crippen LogP contribution < -0.4 is 5.32 Å². The van der Waals surface area contributed by atoms with Crippen molar-refractivity contribution in [1.82, 2.24) is 25.1 Å². The van der Waals surface area contributed by atoms with Gasteiger partial charge in [0.1, 0.15) is 5.82 Å². The molecular formula is C20H27N5O3. The van der Waals surface area contributed by atoms with Crippen LogP contribution in [0.3, 0.4) is 0 Å². The number of likely N-dealkylation sites (N-methyl/N-ethyl adjacent to an activating group) is 1. The largest absolute Gasteiger partial charge is 0.480 e. The Kier molecular flexibility index (Phi) is 5.21. The number of hydrogen-bond acceptors (Lipinski definition) is 4. The number of para-hydroxylation sites is 2. The zero-order chi connectivity index (χ0) is 19.7. The van der Waals surface area contributed by atoms with Crippen LogP contribution >= 0.6 is 0 Å². The Hall–Kier alpha value is -2.61. The molecule has 1 saturated carbocycles. The molecule has 1 aromatic carbocycles. The Morgan fingerprint density at radius 1 is 1.36 bits per heavy atom. The molecule has 3 N–H and O–H groups in total. The minimum Gasteiger partial charge on any atom is -0.480 e. The number of carboxylic acid groups (broad SMARTS) is 1. The molecule has 28 heavy (non-hydrogen) atoms. The number of aromatic nitrogens is 2. The highest BCUT2D eigenvalue weighted by Crippen LogP contribution is 2.32. The number of urea groups is 1. The van der Waals surface area contributed by atoms with Gasteiger partial charge in [-0.3, -0.25) is 9.69 Å². The van der Waals surface area contributed by atoms with Crippen LogP contribution in [0.15, 0.2) is 24.3 Å². The van der Waals surface area contributed by atoms with E-state index < -0.39 is 5.97 Å². The fourth-order valence-electron chi connectivity index (χ4n) is 4.36. The molecule has 2 amide bonds. The maximum absolute atomic E-state index is 12.8. The highest BCUT2D eigenvalue weighted by atomic mass is 16.4. The molecule has 0 radical (unpaired) electrons. The summed E-state index contributed by atoms with van der Waals surface area (Å²) in [6.45, 7) is 3.46. The first kappa shape index (κ1) is 18.7. The first-order valence-electron chi connectivity index (χ1n) is 10.0. The van der Waals surface area contributed by atoms with Crippen molar-refractivity contribution in [2.45, 2.75) is 50.7 Å². The number of rotatable bonds is 6. The van der Waals surface area contributed by atoms with Crippen LogP contribution in [0.4, 0.5) is 4.79 Å². The number of carbonyl (C=O) groups is 2. The average Bonchev–Trinajstić information content (AvgIpc) is 3.28. The van der Waals surface area contributed by atoms with Gasteiger partial charge in [0.15, 0.2) is 0 Å². The number of fused-ring (bicyclic) bond motifs is 1. The fourth-order valence-corrected chi connectivity index (χ4v) is 4.36. The maximum Gasteiger partial charge on any atom is 0.318 e. The van der Waals surface area contributed by atoms with Crippen LogP contribution in [-0.2, 0) is 4.79 Å². The molecule has 4 rings (SSSR count).